The van der Waals surface area contributed by atoms with Crippen molar-refractivity contribution in [3.63, 3.8) is 0 Å². The van der Waals surface area contributed by atoms with Gasteiger partial charge >= 0.3 is 0 Å². The molecule has 154 valence electrons. The fraction of sp³-hybridized carbons (Fsp3) is 0.381. The van der Waals surface area contributed by atoms with Gasteiger partial charge in [0.1, 0.15) is 18.5 Å². The number of carbonyl (C=O) groups excluding carboxylic acids is 1. The topological polar surface area (TPSA) is 96.2 Å². The molecule has 0 aliphatic carbocycles. The quantitative estimate of drug-likeness (QED) is 0.413. The van der Waals surface area contributed by atoms with Gasteiger partial charge in [-0.15, -0.1) is 0 Å². The van der Waals surface area contributed by atoms with E-state index in [9.17, 15) is 20.0 Å². The number of nitrogens with zero attached hydrogens (tertiary/aromatic N) is 3. The molecule has 2 aromatic rings. The summed E-state index contributed by atoms with van der Waals surface area (Å²) in [5.41, 5.74) is 1.76. The molecule has 29 heavy (non-hydrogen) atoms. The van der Waals surface area contributed by atoms with Gasteiger partial charge < -0.3 is 14.7 Å². The first-order chi connectivity index (χ1) is 13.9. The van der Waals surface area contributed by atoms with Crippen LogP contribution in [0.5, 0.6) is 5.75 Å². The number of piperazine rings is 1. The number of aliphatic hydroxyl groups excluding tert-OH is 1. The number of β-amino-alcohol motifs (C(OH)–C–C–N with tert-alkyl or cyclic N) is 1. The number of rotatable bonds is 8. The molecule has 0 spiro atoms. The number of ether oxygens (including phenoxy) is 1. The van der Waals surface area contributed by atoms with Gasteiger partial charge in [-0.25, -0.2) is 0 Å². The Kier molecular flexibility index (Phi) is 6.79. The fourth-order valence-electron chi connectivity index (χ4n) is 3.33. The van der Waals surface area contributed by atoms with Gasteiger partial charge in [0.2, 0.25) is 0 Å². The van der Waals surface area contributed by atoms with Crippen LogP contribution in [0.1, 0.15) is 17.3 Å². The first-order valence-corrected chi connectivity index (χ1v) is 9.56. The number of aliphatic hydroxyl groups is 1. The minimum Gasteiger partial charge on any atom is -0.491 e. The minimum absolute atomic E-state index is 0.0375. The average molecular weight is 399 g/mol. The summed E-state index contributed by atoms with van der Waals surface area (Å²) in [7, 11) is 0. The lowest BCUT2D eigenvalue weighted by Crippen LogP contribution is -2.49. The molecule has 1 heterocycles. The Balaban J connectivity index is 1.43. The molecule has 0 saturated carbocycles. The lowest BCUT2D eigenvalue weighted by molar-refractivity contribution is -0.384. The lowest BCUT2D eigenvalue weighted by Gasteiger charge is -2.36. The highest BCUT2D eigenvalue weighted by atomic mass is 16.6. The molecule has 0 aromatic heterocycles. The van der Waals surface area contributed by atoms with Gasteiger partial charge in [0.15, 0.2) is 5.78 Å². The Bertz CT molecular complexity index is 848. The van der Waals surface area contributed by atoms with Crippen molar-refractivity contribution < 1.29 is 19.6 Å². The first-order valence-electron chi connectivity index (χ1n) is 9.56. The third-order valence-electron chi connectivity index (χ3n) is 4.95. The molecule has 1 saturated heterocycles. The molecule has 8 heteroatoms. The Labute approximate surface area is 169 Å². The van der Waals surface area contributed by atoms with Gasteiger partial charge in [-0.2, -0.15) is 0 Å². The first kappa shape index (κ1) is 20.8. The van der Waals surface area contributed by atoms with E-state index < -0.39 is 11.0 Å². The zero-order valence-electron chi connectivity index (χ0n) is 16.4. The Morgan fingerprint density at radius 3 is 2.48 bits per heavy atom. The van der Waals surface area contributed by atoms with E-state index in [-0.39, 0.29) is 18.1 Å². The van der Waals surface area contributed by atoms with Crippen molar-refractivity contribution in [1.82, 2.24) is 4.90 Å². The third kappa shape index (κ3) is 5.75. The summed E-state index contributed by atoms with van der Waals surface area (Å²) < 4.78 is 5.50. The average Bonchev–Trinajstić information content (AvgIpc) is 2.73. The molecule has 1 atom stereocenters. The number of nitro benzene ring substituents is 1. The van der Waals surface area contributed by atoms with Crippen LogP contribution in [-0.2, 0) is 0 Å². The molecule has 0 bridgehead atoms. The zero-order valence-corrected chi connectivity index (χ0v) is 16.4. The molecule has 0 unspecified atom stereocenters. The number of hydrogen-bond donors (Lipinski definition) is 1. The maximum absolute atomic E-state index is 11.4. The van der Waals surface area contributed by atoms with E-state index in [0.717, 1.165) is 31.9 Å². The predicted molar refractivity (Wildman–Crippen MR) is 110 cm³/mol. The largest absolute Gasteiger partial charge is 0.491 e. The van der Waals surface area contributed by atoms with E-state index >= 15 is 0 Å². The number of carbonyl (C=O) groups is 1. The van der Waals surface area contributed by atoms with E-state index in [0.29, 0.717) is 17.9 Å². The van der Waals surface area contributed by atoms with Crippen molar-refractivity contribution in [2.75, 3.05) is 44.2 Å². The molecular formula is C21H25N3O5. The smallest absolute Gasteiger partial charge is 0.273 e. The molecule has 1 aliphatic rings. The monoisotopic (exact) mass is 399 g/mol. The summed E-state index contributed by atoms with van der Waals surface area (Å²) in [6.07, 6.45) is -0.685. The Morgan fingerprint density at radius 1 is 1.17 bits per heavy atom. The summed E-state index contributed by atoms with van der Waals surface area (Å²) in [6, 6.07) is 13.6. The normalized spacial score (nSPS) is 15.7. The molecule has 1 aliphatic heterocycles. The van der Waals surface area contributed by atoms with Crippen molar-refractivity contribution in [2.24, 2.45) is 0 Å². The van der Waals surface area contributed by atoms with Crippen LogP contribution in [-0.4, -0.2) is 66.1 Å². The van der Waals surface area contributed by atoms with E-state index in [2.05, 4.69) is 9.80 Å². The number of anilines is 1. The van der Waals surface area contributed by atoms with Gasteiger partial charge in [0, 0.05) is 50.0 Å². The molecule has 0 radical (unpaired) electrons. The second kappa shape index (κ2) is 9.49. The lowest BCUT2D eigenvalue weighted by atomic mass is 10.1. The summed E-state index contributed by atoms with van der Waals surface area (Å²) >= 11 is 0. The zero-order chi connectivity index (χ0) is 20.8. The van der Waals surface area contributed by atoms with Gasteiger partial charge in [0.25, 0.3) is 5.69 Å². The molecule has 1 N–H and O–H groups in total. The van der Waals surface area contributed by atoms with Crippen molar-refractivity contribution in [1.29, 1.82) is 0 Å². The van der Waals surface area contributed by atoms with Crippen molar-refractivity contribution in [3.8, 4) is 5.75 Å². The van der Waals surface area contributed by atoms with Crippen LogP contribution >= 0.6 is 0 Å². The SMILES string of the molecule is CC(=O)c1ccc(N2CCN(C[C@H](O)COc3cccc([N+](=O)[O-])c3)CC2)cc1. The van der Waals surface area contributed by atoms with E-state index in [4.69, 9.17) is 4.74 Å². The number of ketones is 1. The maximum Gasteiger partial charge on any atom is 0.273 e. The molecule has 3 rings (SSSR count). The fourth-order valence-corrected chi connectivity index (χ4v) is 3.33. The second-order valence-corrected chi connectivity index (χ2v) is 7.11. The van der Waals surface area contributed by atoms with Crippen LogP contribution in [0.15, 0.2) is 48.5 Å². The molecular weight excluding hydrogens is 374 g/mol. The number of hydrogen-bond acceptors (Lipinski definition) is 7. The van der Waals surface area contributed by atoms with E-state index in [1.54, 1.807) is 19.1 Å². The van der Waals surface area contributed by atoms with Crippen LogP contribution < -0.4 is 9.64 Å². The van der Waals surface area contributed by atoms with Gasteiger partial charge in [-0.1, -0.05) is 6.07 Å². The van der Waals surface area contributed by atoms with Crippen molar-refractivity contribution >= 4 is 17.2 Å². The third-order valence-corrected chi connectivity index (χ3v) is 4.95. The van der Waals surface area contributed by atoms with Crippen molar-refractivity contribution in [3.05, 3.63) is 64.2 Å². The standard InChI is InChI=1S/C21H25N3O5/c1-16(25)17-5-7-18(8-6-17)23-11-9-22(10-12-23)14-20(26)15-29-21-4-2-3-19(13-21)24(27)28/h2-8,13,20,26H,9-12,14-15H2,1H3/t20-/m0/s1. The van der Waals surface area contributed by atoms with Crippen LogP contribution in [0.2, 0.25) is 0 Å². The summed E-state index contributed by atoms with van der Waals surface area (Å²) in [5.74, 6) is 0.430. The Hall–Kier alpha value is -2.97. The van der Waals surface area contributed by atoms with Crippen LogP contribution in [0.3, 0.4) is 0 Å². The number of Topliss-reactive ketones (excluding diaryl/α,β-unsaturated/α-hetero) is 1. The highest BCUT2D eigenvalue weighted by Crippen LogP contribution is 2.20. The predicted octanol–water partition coefficient (Wildman–Crippen LogP) is 2.36. The van der Waals surface area contributed by atoms with Crippen LogP contribution in [0.25, 0.3) is 0 Å². The minimum atomic E-state index is -0.685. The number of benzene rings is 2. The summed E-state index contributed by atoms with van der Waals surface area (Å²) in [5, 5.41) is 21.1. The highest BCUT2D eigenvalue weighted by Gasteiger charge is 2.20. The van der Waals surface area contributed by atoms with Gasteiger partial charge in [0.05, 0.1) is 11.0 Å². The molecule has 2 aromatic carbocycles. The summed E-state index contributed by atoms with van der Waals surface area (Å²) in [6.45, 7) is 5.39. The van der Waals surface area contributed by atoms with E-state index in [1.165, 1.54) is 12.1 Å². The van der Waals surface area contributed by atoms with E-state index in [1.807, 2.05) is 24.3 Å². The summed E-state index contributed by atoms with van der Waals surface area (Å²) in [4.78, 5) is 26.1. The maximum atomic E-state index is 11.4. The molecule has 8 nitrogen and oxygen atoms in total. The Morgan fingerprint density at radius 2 is 1.86 bits per heavy atom. The van der Waals surface area contributed by atoms with Gasteiger partial charge in [-0.3, -0.25) is 19.8 Å². The van der Waals surface area contributed by atoms with Crippen LogP contribution in [0.4, 0.5) is 11.4 Å². The number of non-ortho nitro benzene ring substituents is 1. The van der Waals surface area contributed by atoms with Gasteiger partial charge in [-0.05, 0) is 37.3 Å². The highest BCUT2D eigenvalue weighted by molar-refractivity contribution is 5.94. The second-order valence-electron chi connectivity index (χ2n) is 7.11. The number of nitro groups is 1. The molecule has 1 fully saturated rings. The van der Waals surface area contributed by atoms with Crippen LogP contribution in [0, 0.1) is 10.1 Å². The molecule has 0 amide bonds. The van der Waals surface area contributed by atoms with Crippen molar-refractivity contribution in [2.45, 2.75) is 13.0 Å².